The lowest BCUT2D eigenvalue weighted by atomic mass is 9.99. The van der Waals surface area contributed by atoms with Gasteiger partial charge in [0, 0.05) is 57.2 Å². The van der Waals surface area contributed by atoms with Crippen molar-refractivity contribution in [2.45, 2.75) is 90.6 Å². The molecule has 0 bridgehead atoms. The van der Waals surface area contributed by atoms with Gasteiger partial charge < -0.3 is 28.6 Å². The van der Waals surface area contributed by atoms with E-state index in [1.165, 1.54) is 5.56 Å². The lowest BCUT2D eigenvalue weighted by Gasteiger charge is -2.36. The molecule has 37 heavy (non-hydrogen) atoms. The number of carbonyl (C=O) groups is 2. The Morgan fingerprint density at radius 2 is 2.03 bits per heavy atom. The molecule has 1 aliphatic carbocycles. The molecule has 0 spiro atoms. The molecule has 0 unspecified atom stereocenters. The summed E-state index contributed by atoms with van der Waals surface area (Å²) in [6.07, 6.45) is 5.77. The van der Waals surface area contributed by atoms with Crippen LogP contribution in [-0.2, 0) is 32.1 Å². The van der Waals surface area contributed by atoms with Crippen LogP contribution in [0, 0.1) is 0 Å². The second-order valence-corrected chi connectivity index (χ2v) is 11.4. The van der Waals surface area contributed by atoms with Gasteiger partial charge in [-0.25, -0.2) is 9.78 Å². The van der Waals surface area contributed by atoms with Crippen LogP contribution >= 0.6 is 0 Å². The van der Waals surface area contributed by atoms with Crippen LogP contribution in [0.25, 0.3) is 11.0 Å². The quantitative estimate of drug-likeness (QED) is 0.463. The first-order chi connectivity index (χ1) is 17.6. The number of ether oxygens (including phenoxy) is 3. The molecule has 3 heterocycles. The van der Waals surface area contributed by atoms with E-state index in [1.807, 2.05) is 31.9 Å². The Hall–Kier alpha value is -2.65. The van der Waals surface area contributed by atoms with E-state index in [0.29, 0.717) is 32.2 Å². The predicted molar refractivity (Wildman–Crippen MR) is 141 cm³/mol. The zero-order valence-electron chi connectivity index (χ0n) is 23.2. The Morgan fingerprint density at radius 3 is 2.68 bits per heavy atom. The van der Waals surface area contributed by atoms with Crippen molar-refractivity contribution in [3.8, 4) is 0 Å². The van der Waals surface area contributed by atoms with Crippen LogP contribution < -0.4 is 0 Å². The standard InChI is InChI=1S/C28H42N4O5/c1-19(2)22-10-11-29-25-24(22)20(16-30(25)12-7-14-35-6)17-32(21-8-9-21)26(33)23-18-31(13-15-36-23)27(34)37-28(3,4)5/h10-11,16,19,21,23H,7-9,12-15,17-18H2,1-6H3/t23-/m1/s1. The third kappa shape index (κ3) is 6.62. The second kappa shape index (κ2) is 11.4. The number of methoxy groups -OCH3 is 1. The van der Waals surface area contributed by atoms with Crippen molar-refractivity contribution >= 4 is 23.0 Å². The van der Waals surface area contributed by atoms with Gasteiger partial charge in [-0.15, -0.1) is 0 Å². The molecule has 1 aliphatic heterocycles. The normalized spacial score (nSPS) is 18.5. The van der Waals surface area contributed by atoms with Crippen LogP contribution in [0.5, 0.6) is 0 Å². The number of hydrogen-bond donors (Lipinski definition) is 0. The molecule has 1 saturated heterocycles. The van der Waals surface area contributed by atoms with Gasteiger partial charge >= 0.3 is 6.09 Å². The van der Waals surface area contributed by atoms with E-state index in [2.05, 4.69) is 30.7 Å². The van der Waals surface area contributed by atoms with Crippen LogP contribution in [0.4, 0.5) is 4.79 Å². The fraction of sp³-hybridized carbons (Fsp3) is 0.679. The first kappa shape index (κ1) is 27.4. The highest BCUT2D eigenvalue weighted by molar-refractivity contribution is 5.87. The molecule has 2 aromatic heterocycles. The average Bonchev–Trinajstić information content (AvgIpc) is 3.63. The Labute approximate surface area is 220 Å². The second-order valence-electron chi connectivity index (χ2n) is 11.4. The lowest BCUT2D eigenvalue weighted by Crippen LogP contribution is -2.53. The van der Waals surface area contributed by atoms with Crippen LogP contribution in [0.2, 0.25) is 0 Å². The summed E-state index contributed by atoms with van der Waals surface area (Å²) in [5, 5.41) is 1.13. The smallest absolute Gasteiger partial charge is 0.410 e. The van der Waals surface area contributed by atoms with E-state index in [4.69, 9.17) is 19.2 Å². The Kier molecular flexibility index (Phi) is 8.43. The molecular weight excluding hydrogens is 472 g/mol. The highest BCUT2D eigenvalue weighted by Gasteiger charge is 2.40. The number of rotatable bonds is 9. The molecule has 2 aliphatic rings. The lowest BCUT2D eigenvalue weighted by molar-refractivity contribution is -0.150. The van der Waals surface area contributed by atoms with Crippen LogP contribution in [0.3, 0.4) is 0 Å². The summed E-state index contributed by atoms with van der Waals surface area (Å²) in [4.78, 5) is 34.7. The monoisotopic (exact) mass is 514 g/mol. The molecule has 9 heteroatoms. The molecule has 2 amide bonds. The number of pyridine rings is 1. The summed E-state index contributed by atoms with van der Waals surface area (Å²) in [6, 6.07) is 2.28. The molecule has 0 radical (unpaired) electrons. The fourth-order valence-electron chi connectivity index (χ4n) is 4.91. The van der Waals surface area contributed by atoms with Gasteiger partial charge in [0.2, 0.25) is 0 Å². The molecule has 1 atom stereocenters. The van der Waals surface area contributed by atoms with Crippen molar-refractivity contribution in [2.24, 2.45) is 0 Å². The van der Waals surface area contributed by atoms with Crippen molar-refractivity contribution in [1.82, 2.24) is 19.4 Å². The van der Waals surface area contributed by atoms with Crippen LogP contribution in [-0.4, -0.2) is 82.5 Å². The summed E-state index contributed by atoms with van der Waals surface area (Å²) in [6.45, 7) is 12.8. The Morgan fingerprint density at radius 1 is 1.27 bits per heavy atom. The summed E-state index contributed by atoms with van der Waals surface area (Å²) in [7, 11) is 1.71. The molecule has 204 valence electrons. The van der Waals surface area contributed by atoms with E-state index < -0.39 is 17.8 Å². The van der Waals surface area contributed by atoms with E-state index in [9.17, 15) is 9.59 Å². The first-order valence-corrected chi connectivity index (χ1v) is 13.4. The molecule has 2 aromatic rings. The van der Waals surface area contributed by atoms with Gasteiger partial charge in [0.1, 0.15) is 11.2 Å². The predicted octanol–water partition coefficient (Wildman–Crippen LogP) is 4.32. The van der Waals surface area contributed by atoms with Gasteiger partial charge in [-0.05, 0) is 63.1 Å². The minimum absolute atomic E-state index is 0.0639. The van der Waals surface area contributed by atoms with Crippen molar-refractivity contribution in [3.05, 3.63) is 29.6 Å². The number of nitrogens with zero attached hydrogens (tertiary/aromatic N) is 4. The van der Waals surface area contributed by atoms with Crippen molar-refractivity contribution in [3.63, 3.8) is 0 Å². The number of hydrogen-bond acceptors (Lipinski definition) is 6. The zero-order valence-corrected chi connectivity index (χ0v) is 23.2. The van der Waals surface area contributed by atoms with Gasteiger partial charge in [-0.2, -0.15) is 0 Å². The minimum Gasteiger partial charge on any atom is -0.444 e. The topological polar surface area (TPSA) is 86.1 Å². The summed E-state index contributed by atoms with van der Waals surface area (Å²) < 4.78 is 18.9. The minimum atomic E-state index is -0.695. The summed E-state index contributed by atoms with van der Waals surface area (Å²) in [5.41, 5.74) is 2.70. The SMILES string of the molecule is COCCCn1cc(CN(C(=O)[C@H]2CN(C(=O)OC(C)(C)C)CCO2)C2CC2)c2c(C(C)C)ccnc21. The third-order valence-electron chi connectivity index (χ3n) is 6.84. The molecule has 0 N–H and O–H groups in total. The van der Waals surface area contributed by atoms with Crippen molar-refractivity contribution in [2.75, 3.05) is 33.4 Å². The summed E-state index contributed by atoms with van der Waals surface area (Å²) in [5.74, 6) is 0.263. The molecular formula is C28H42N4O5. The largest absolute Gasteiger partial charge is 0.444 e. The van der Waals surface area contributed by atoms with Crippen molar-refractivity contribution in [1.29, 1.82) is 0 Å². The maximum Gasteiger partial charge on any atom is 0.410 e. The summed E-state index contributed by atoms with van der Waals surface area (Å²) >= 11 is 0. The van der Waals surface area contributed by atoms with Gasteiger partial charge in [-0.3, -0.25) is 4.79 Å². The highest BCUT2D eigenvalue weighted by atomic mass is 16.6. The van der Waals surface area contributed by atoms with Gasteiger partial charge in [0.15, 0.2) is 6.10 Å². The van der Waals surface area contributed by atoms with Gasteiger partial charge in [0.05, 0.1) is 13.2 Å². The molecule has 0 aromatic carbocycles. The highest BCUT2D eigenvalue weighted by Crippen LogP contribution is 2.34. The number of aromatic nitrogens is 2. The van der Waals surface area contributed by atoms with E-state index in [-0.39, 0.29) is 18.5 Å². The Bertz CT molecular complexity index is 1100. The molecule has 9 nitrogen and oxygen atoms in total. The van der Waals surface area contributed by atoms with Gasteiger partial charge in [0.25, 0.3) is 5.91 Å². The van der Waals surface area contributed by atoms with Crippen molar-refractivity contribution < 1.29 is 23.8 Å². The Balaban J connectivity index is 1.58. The van der Waals surface area contributed by atoms with E-state index in [0.717, 1.165) is 42.4 Å². The van der Waals surface area contributed by atoms with Crippen LogP contribution in [0.1, 0.15) is 70.9 Å². The van der Waals surface area contributed by atoms with E-state index >= 15 is 0 Å². The maximum atomic E-state index is 13.8. The molecule has 1 saturated carbocycles. The number of fused-ring (bicyclic) bond motifs is 1. The third-order valence-corrected chi connectivity index (χ3v) is 6.84. The first-order valence-electron chi connectivity index (χ1n) is 13.4. The van der Waals surface area contributed by atoms with E-state index in [1.54, 1.807) is 12.0 Å². The van der Waals surface area contributed by atoms with Crippen LogP contribution in [0.15, 0.2) is 18.5 Å². The number of amides is 2. The fourth-order valence-corrected chi connectivity index (χ4v) is 4.91. The maximum absolute atomic E-state index is 13.8. The molecule has 4 rings (SSSR count). The number of morpholine rings is 1. The van der Waals surface area contributed by atoms with Gasteiger partial charge in [-0.1, -0.05) is 13.8 Å². The number of aryl methyl sites for hydroxylation is 1. The molecule has 2 fully saturated rings. The average molecular weight is 515 g/mol. The number of carbonyl (C=O) groups excluding carboxylic acids is 2. The zero-order chi connectivity index (χ0) is 26.7.